The van der Waals surface area contributed by atoms with Gasteiger partial charge in [0.2, 0.25) is 0 Å². The van der Waals surface area contributed by atoms with Crippen molar-refractivity contribution in [2.45, 2.75) is 23.4 Å². The molecule has 29 heavy (non-hydrogen) atoms. The molecule has 0 aliphatic rings. The number of benzene rings is 1. The average molecular weight is 401 g/mol. The second kappa shape index (κ2) is 8.70. The van der Waals surface area contributed by atoms with Gasteiger partial charge in [-0.05, 0) is 43.3 Å². The summed E-state index contributed by atoms with van der Waals surface area (Å²) in [6.45, 7) is 2.52. The fourth-order valence-electron chi connectivity index (χ4n) is 2.76. The number of amides is 1. The summed E-state index contributed by atoms with van der Waals surface area (Å²) < 4.78 is 1.71. The third kappa shape index (κ3) is 4.70. The van der Waals surface area contributed by atoms with Crippen molar-refractivity contribution in [3.8, 4) is 0 Å². The maximum absolute atomic E-state index is 13.0. The van der Waals surface area contributed by atoms with Crippen LogP contribution in [0.3, 0.4) is 0 Å². The first kappa shape index (κ1) is 18.9. The molecule has 0 saturated carbocycles. The zero-order valence-corrected chi connectivity index (χ0v) is 16.6. The SMILES string of the molecule is Cc1ccc(Sc2ncccc2C(=O)Nc2ccnn2Cc2ccccn2)cc1. The molecule has 0 aliphatic carbocycles. The Kier molecular flexibility index (Phi) is 5.67. The monoisotopic (exact) mass is 401 g/mol. The van der Waals surface area contributed by atoms with Crippen LogP contribution in [0.25, 0.3) is 0 Å². The molecular formula is C22H19N5OS. The van der Waals surface area contributed by atoms with E-state index in [1.54, 1.807) is 41.5 Å². The van der Waals surface area contributed by atoms with Crippen LogP contribution in [0.4, 0.5) is 5.82 Å². The Bertz CT molecular complexity index is 1110. The largest absolute Gasteiger partial charge is 0.307 e. The van der Waals surface area contributed by atoms with Gasteiger partial charge in [0.25, 0.3) is 5.91 Å². The number of aromatic nitrogens is 4. The number of hydrogen-bond donors (Lipinski definition) is 1. The lowest BCUT2D eigenvalue weighted by Gasteiger charge is -2.11. The van der Waals surface area contributed by atoms with Gasteiger partial charge in [0.05, 0.1) is 24.0 Å². The van der Waals surface area contributed by atoms with Crippen molar-refractivity contribution in [3.63, 3.8) is 0 Å². The first-order chi connectivity index (χ1) is 14.2. The number of pyridine rings is 2. The predicted molar refractivity (Wildman–Crippen MR) is 113 cm³/mol. The van der Waals surface area contributed by atoms with Crippen LogP contribution >= 0.6 is 11.8 Å². The highest BCUT2D eigenvalue weighted by molar-refractivity contribution is 7.99. The summed E-state index contributed by atoms with van der Waals surface area (Å²) in [6, 6.07) is 19.2. The smallest absolute Gasteiger partial charge is 0.259 e. The Labute approximate surface area is 173 Å². The van der Waals surface area contributed by atoms with E-state index in [2.05, 4.69) is 20.4 Å². The number of aryl methyl sites for hydroxylation is 1. The van der Waals surface area contributed by atoms with Crippen molar-refractivity contribution in [1.82, 2.24) is 19.7 Å². The van der Waals surface area contributed by atoms with Crippen molar-refractivity contribution < 1.29 is 4.79 Å². The van der Waals surface area contributed by atoms with Gasteiger partial charge in [0.15, 0.2) is 0 Å². The van der Waals surface area contributed by atoms with E-state index in [1.165, 1.54) is 17.3 Å². The molecular weight excluding hydrogens is 382 g/mol. The molecule has 4 rings (SSSR count). The summed E-state index contributed by atoms with van der Waals surface area (Å²) in [5, 5.41) is 7.90. The highest BCUT2D eigenvalue weighted by atomic mass is 32.2. The van der Waals surface area contributed by atoms with Crippen LogP contribution in [-0.4, -0.2) is 25.7 Å². The molecule has 0 bridgehead atoms. The van der Waals surface area contributed by atoms with Crippen LogP contribution in [0.1, 0.15) is 21.6 Å². The first-order valence-corrected chi connectivity index (χ1v) is 9.93. The third-order valence-corrected chi connectivity index (χ3v) is 5.27. The number of nitrogens with zero attached hydrogens (tertiary/aromatic N) is 4. The zero-order valence-electron chi connectivity index (χ0n) is 15.8. The van der Waals surface area contributed by atoms with Gasteiger partial charge in [0.1, 0.15) is 10.8 Å². The van der Waals surface area contributed by atoms with Crippen molar-refractivity contribution in [2.24, 2.45) is 0 Å². The summed E-state index contributed by atoms with van der Waals surface area (Å²) in [6.07, 6.45) is 5.09. The molecule has 0 atom stereocenters. The molecule has 1 aromatic carbocycles. The standard InChI is InChI=1S/C22H19N5OS/c1-16-7-9-18(10-8-16)29-22-19(6-4-13-24-22)21(28)26-20-11-14-25-27(20)15-17-5-2-3-12-23-17/h2-14H,15H2,1H3,(H,26,28). The molecule has 0 aliphatic heterocycles. The number of hydrogen-bond acceptors (Lipinski definition) is 5. The molecule has 3 aromatic heterocycles. The molecule has 0 spiro atoms. The van der Waals surface area contributed by atoms with Crippen LogP contribution in [0.5, 0.6) is 0 Å². The second-order valence-corrected chi connectivity index (χ2v) is 7.48. The number of carbonyl (C=O) groups is 1. The van der Waals surface area contributed by atoms with Gasteiger partial charge >= 0.3 is 0 Å². The second-order valence-electron chi connectivity index (χ2n) is 6.42. The fraction of sp³-hybridized carbons (Fsp3) is 0.0909. The van der Waals surface area contributed by atoms with E-state index in [-0.39, 0.29) is 5.91 Å². The van der Waals surface area contributed by atoms with Gasteiger partial charge < -0.3 is 5.32 Å². The van der Waals surface area contributed by atoms with E-state index in [0.29, 0.717) is 23.0 Å². The number of anilines is 1. The molecule has 4 aromatic rings. The van der Waals surface area contributed by atoms with Crippen molar-refractivity contribution in [2.75, 3.05) is 5.32 Å². The molecule has 144 valence electrons. The molecule has 0 unspecified atom stereocenters. The average Bonchev–Trinajstić information content (AvgIpc) is 3.17. The zero-order chi connectivity index (χ0) is 20.1. The molecule has 0 fully saturated rings. The molecule has 0 saturated heterocycles. The van der Waals surface area contributed by atoms with Gasteiger partial charge in [-0.1, -0.05) is 35.5 Å². The minimum absolute atomic E-state index is 0.226. The van der Waals surface area contributed by atoms with Crippen LogP contribution in [0.15, 0.2) is 89.2 Å². The normalized spacial score (nSPS) is 10.7. The lowest BCUT2D eigenvalue weighted by molar-refractivity contribution is 0.102. The number of carbonyl (C=O) groups excluding carboxylic acids is 1. The Morgan fingerprint density at radius 3 is 2.59 bits per heavy atom. The molecule has 1 amide bonds. The molecule has 0 radical (unpaired) electrons. The highest BCUT2D eigenvalue weighted by Gasteiger charge is 2.15. The minimum Gasteiger partial charge on any atom is -0.307 e. The van der Waals surface area contributed by atoms with E-state index in [1.807, 2.05) is 49.4 Å². The highest BCUT2D eigenvalue weighted by Crippen LogP contribution is 2.29. The van der Waals surface area contributed by atoms with Gasteiger partial charge in [-0.15, -0.1) is 0 Å². The molecule has 7 heteroatoms. The van der Waals surface area contributed by atoms with E-state index < -0.39 is 0 Å². The van der Waals surface area contributed by atoms with Crippen molar-refractivity contribution in [1.29, 1.82) is 0 Å². The molecule has 6 nitrogen and oxygen atoms in total. The Balaban J connectivity index is 1.53. The Morgan fingerprint density at radius 2 is 1.79 bits per heavy atom. The number of nitrogens with one attached hydrogen (secondary N) is 1. The topological polar surface area (TPSA) is 72.7 Å². The van der Waals surface area contributed by atoms with Crippen molar-refractivity contribution in [3.05, 3.63) is 96.1 Å². The third-order valence-electron chi connectivity index (χ3n) is 4.25. The van der Waals surface area contributed by atoms with Crippen molar-refractivity contribution >= 4 is 23.5 Å². The fourth-order valence-corrected chi connectivity index (χ4v) is 3.64. The molecule has 1 N–H and O–H groups in total. The van der Waals surface area contributed by atoms with Gasteiger partial charge in [-0.3, -0.25) is 9.78 Å². The lowest BCUT2D eigenvalue weighted by atomic mass is 10.2. The summed E-state index contributed by atoms with van der Waals surface area (Å²) in [5.74, 6) is 0.381. The van der Waals surface area contributed by atoms with Crippen LogP contribution in [0, 0.1) is 6.92 Å². The van der Waals surface area contributed by atoms with E-state index >= 15 is 0 Å². The lowest BCUT2D eigenvalue weighted by Crippen LogP contribution is -2.17. The van der Waals surface area contributed by atoms with Crippen LogP contribution in [0.2, 0.25) is 0 Å². The van der Waals surface area contributed by atoms with E-state index in [9.17, 15) is 4.79 Å². The minimum atomic E-state index is -0.226. The first-order valence-electron chi connectivity index (χ1n) is 9.11. The number of rotatable bonds is 6. The summed E-state index contributed by atoms with van der Waals surface area (Å²) in [5.41, 5.74) is 2.57. The van der Waals surface area contributed by atoms with Gasteiger partial charge in [0, 0.05) is 23.4 Å². The van der Waals surface area contributed by atoms with Crippen LogP contribution < -0.4 is 5.32 Å². The van der Waals surface area contributed by atoms with E-state index in [4.69, 9.17) is 0 Å². The van der Waals surface area contributed by atoms with Gasteiger partial charge in [-0.25, -0.2) is 9.67 Å². The quantitative estimate of drug-likeness (QED) is 0.517. The molecule has 3 heterocycles. The predicted octanol–water partition coefficient (Wildman–Crippen LogP) is 4.43. The Hall–Kier alpha value is -3.45. The summed E-state index contributed by atoms with van der Waals surface area (Å²) >= 11 is 1.47. The Morgan fingerprint density at radius 1 is 0.966 bits per heavy atom. The van der Waals surface area contributed by atoms with Crippen LogP contribution in [-0.2, 0) is 6.54 Å². The van der Waals surface area contributed by atoms with Gasteiger partial charge in [-0.2, -0.15) is 5.10 Å². The van der Waals surface area contributed by atoms with E-state index in [0.717, 1.165) is 10.6 Å². The summed E-state index contributed by atoms with van der Waals surface area (Å²) in [4.78, 5) is 22.7. The summed E-state index contributed by atoms with van der Waals surface area (Å²) in [7, 11) is 0. The maximum Gasteiger partial charge on any atom is 0.259 e. The maximum atomic E-state index is 13.0.